The van der Waals surface area contributed by atoms with Crippen molar-refractivity contribution < 1.29 is 57.1 Å². The molecule has 2 aliphatic rings. The van der Waals surface area contributed by atoms with E-state index in [-0.39, 0.29) is 45.2 Å². The topological polar surface area (TPSA) is 154 Å². The third-order valence-corrected chi connectivity index (χ3v) is 10.5. The van der Waals surface area contributed by atoms with Gasteiger partial charge in [-0.05, 0) is 35.4 Å². The van der Waals surface area contributed by atoms with Crippen LogP contribution in [0.2, 0.25) is 0 Å². The molecule has 8 unspecified atom stereocenters. The van der Waals surface area contributed by atoms with Gasteiger partial charge in [0.15, 0.2) is 18.2 Å². The summed E-state index contributed by atoms with van der Waals surface area (Å²) in [7, 11) is 1.24. The number of carbonyl (C=O) groups excluding carboxylic acids is 4. The smallest absolute Gasteiger partial charge is 0.338 e. The van der Waals surface area contributed by atoms with Gasteiger partial charge < -0.3 is 37.9 Å². The standard InChI is InChI=1S/C49H49NO12/c1-55-48(54)45-44(43(57-30-34-19-9-3-10-20-34)41(32-58-45)56-29-33-17-7-2-8-18-33)62-49-42(50-28-39(51)35-21-11-4-12-22-35)40(61-47(53)37-25-15-6-16-26-37)27-38(60-49)31-59-46(52)36-23-13-5-14-24-36/h2-26,38,40-45,49-50H,27-32H2,1H3. The van der Waals surface area contributed by atoms with Gasteiger partial charge in [0, 0.05) is 12.0 Å². The third kappa shape index (κ3) is 11.9. The monoisotopic (exact) mass is 843 g/mol. The number of rotatable bonds is 18. The molecule has 62 heavy (non-hydrogen) atoms. The van der Waals surface area contributed by atoms with Crippen LogP contribution in [0.25, 0.3) is 0 Å². The Balaban J connectivity index is 1.23. The number of ketones is 1. The average molecular weight is 844 g/mol. The van der Waals surface area contributed by atoms with E-state index in [9.17, 15) is 19.2 Å². The molecule has 2 saturated heterocycles. The number of esters is 3. The van der Waals surface area contributed by atoms with Crippen LogP contribution < -0.4 is 5.32 Å². The van der Waals surface area contributed by atoms with Crippen molar-refractivity contribution in [1.82, 2.24) is 5.32 Å². The van der Waals surface area contributed by atoms with Gasteiger partial charge in [-0.1, -0.05) is 127 Å². The van der Waals surface area contributed by atoms with Crippen LogP contribution in [-0.4, -0.2) is 99.5 Å². The fraction of sp³-hybridized carbons (Fsp3) is 0.306. The lowest BCUT2D eigenvalue weighted by Gasteiger charge is -2.46. The summed E-state index contributed by atoms with van der Waals surface area (Å²) in [6, 6.07) is 43.7. The van der Waals surface area contributed by atoms with Gasteiger partial charge in [-0.3, -0.25) is 10.1 Å². The highest BCUT2D eigenvalue weighted by atomic mass is 16.7. The Kier molecular flexibility index (Phi) is 15.7. The molecular formula is C49H49NO12. The van der Waals surface area contributed by atoms with Gasteiger partial charge in [-0.25, -0.2) is 14.4 Å². The Morgan fingerprint density at radius 2 is 1.16 bits per heavy atom. The Bertz CT molecular complexity index is 2180. The lowest BCUT2D eigenvalue weighted by atomic mass is 9.96. The van der Waals surface area contributed by atoms with Crippen LogP contribution in [0.3, 0.4) is 0 Å². The zero-order chi connectivity index (χ0) is 43.1. The first kappa shape index (κ1) is 44.0. The van der Waals surface area contributed by atoms with Gasteiger partial charge >= 0.3 is 17.9 Å². The Hall–Kier alpha value is -6.06. The molecule has 322 valence electrons. The van der Waals surface area contributed by atoms with Crippen LogP contribution in [-0.2, 0) is 55.9 Å². The number of hydrogen-bond acceptors (Lipinski definition) is 13. The van der Waals surface area contributed by atoms with Gasteiger partial charge in [-0.15, -0.1) is 0 Å². The minimum Gasteiger partial charge on any atom is -0.467 e. The number of carbonyl (C=O) groups is 4. The Morgan fingerprint density at radius 3 is 1.74 bits per heavy atom. The third-order valence-electron chi connectivity index (χ3n) is 10.5. The fourth-order valence-corrected chi connectivity index (χ4v) is 7.31. The molecule has 5 aromatic carbocycles. The molecule has 2 fully saturated rings. The van der Waals surface area contributed by atoms with Crippen LogP contribution in [0.5, 0.6) is 0 Å². The first-order chi connectivity index (χ1) is 30.4. The summed E-state index contributed by atoms with van der Waals surface area (Å²) in [4.78, 5) is 54.0. The van der Waals surface area contributed by atoms with Gasteiger partial charge in [0.1, 0.15) is 31.0 Å². The molecule has 0 spiro atoms. The van der Waals surface area contributed by atoms with Crippen molar-refractivity contribution in [3.05, 3.63) is 179 Å². The largest absolute Gasteiger partial charge is 0.467 e. The van der Waals surface area contributed by atoms with Crippen molar-refractivity contribution in [2.75, 3.05) is 26.9 Å². The minimum atomic E-state index is -1.36. The van der Waals surface area contributed by atoms with Crippen molar-refractivity contribution in [3.63, 3.8) is 0 Å². The first-order valence-corrected chi connectivity index (χ1v) is 20.5. The highest BCUT2D eigenvalue weighted by molar-refractivity contribution is 5.97. The molecule has 2 heterocycles. The summed E-state index contributed by atoms with van der Waals surface area (Å²) in [5.41, 5.74) is 2.84. The molecule has 0 bridgehead atoms. The van der Waals surface area contributed by atoms with E-state index in [2.05, 4.69) is 5.32 Å². The molecule has 0 saturated carbocycles. The van der Waals surface area contributed by atoms with E-state index in [1.807, 2.05) is 66.7 Å². The van der Waals surface area contributed by atoms with Crippen molar-refractivity contribution in [1.29, 1.82) is 0 Å². The highest BCUT2D eigenvalue weighted by Crippen LogP contribution is 2.32. The van der Waals surface area contributed by atoms with Crippen LogP contribution in [0, 0.1) is 0 Å². The van der Waals surface area contributed by atoms with E-state index in [0.29, 0.717) is 16.7 Å². The molecule has 7 rings (SSSR count). The van der Waals surface area contributed by atoms with E-state index >= 15 is 0 Å². The molecule has 0 aliphatic carbocycles. The number of methoxy groups -OCH3 is 1. The lowest BCUT2D eigenvalue weighted by molar-refractivity contribution is -0.304. The van der Waals surface area contributed by atoms with Crippen LogP contribution in [0.4, 0.5) is 0 Å². The molecule has 0 amide bonds. The maximum Gasteiger partial charge on any atom is 0.338 e. The minimum absolute atomic E-state index is 0.0377. The van der Waals surface area contributed by atoms with E-state index < -0.39 is 66.9 Å². The lowest BCUT2D eigenvalue weighted by Crippen LogP contribution is -2.64. The van der Waals surface area contributed by atoms with Crippen molar-refractivity contribution >= 4 is 23.7 Å². The maximum atomic E-state index is 13.8. The first-order valence-electron chi connectivity index (χ1n) is 20.5. The van der Waals surface area contributed by atoms with Crippen LogP contribution >= 0.6 is 0 Å². The summed E-state index contributed by atoms with van der Waals surface area (Å²) in [5.74, 6) is -2.20. The Morgan fingerprint density at radius 1 is 0.629 bits per heavy atom. The molecule has 2 aliphatic heterocycles. The summed E-state index contributed by atoms with van der Waals surface area (Å²) in [6.07, 6.45) is -7.50. The molecule has 8 atom stereocenters. The summed E-state index contributed by atoms with van der Waals surface area (Å²) >= 11 is 0. The average Bonchev–Trinajstić information content (AvgIpc) is 3.33. The SMILES string of the molecule is COC(=O)C1OCC(OCc2ccccc2)C(OCc2ccccc2)C1OC1OC(COC(=O)c2ccccc2)CC(OC(=O)c2ccccc2)C1NCC(=O)c1ccccc1. The molecule has 5 aromatic rings. The summed E-state index contributed by atoms with van der Waals surface area (Å²) in [5, 5.41) is 3.25. The molecular weight excluding hydrogens is 795 g/mol. The van der Waals surface area contributed by atoms with Crippen molar-refractivity contribution in [3.8, 4) is 0 Å². The predicted octanol–water partition coefficient (Wildman–Crippen LogP) is 6.15. The molecule has 13 nitrogen and oxygen atoms in total. The van der Waals surface area contributed by atoms with Gasteiger partial charge in [0.2, 0.25) is 0 Å². The molecule has 0 aromatic heterocycles. The maximum absolute atomic E-state index is 13.8. The second-order valence-electron chi connectivity index (χ2n) is 14.8. The van der Waals surface area contributed by atoms with Crippen molar-refractivity contribution in [2.45, 2.75) is 68.6 Å². The van der Waals surface area contributed by atoms with Gasteiger partial charge in [-0.2, -0.15) is 0 Å². The summed E-state index contributed by atoms with van der Waals surface area (Å²) in [6.45, 7) is -0.170. The summed E-state index contributed by atoms with van der Waals surface area (Å²) < 4.78 is 49.9. The van der Waals surface area contributed by atoms with Crippen molar-refractivity contribution in [2.24, 2.45) is 0 Å². The second kappa shape index (κ2) is 22.2. The number of hydrogen-bond donors (Lipinski definition) is 1. The van der Waals surface area contributed by atoms with E-state index in [0.717, 1.165) is 11.1 Å². The normalized spacial score (nSPS) is 23.4. The number of Topliss-reactive ketones (excluding diaryl/α,β-unsaturated/α-hetero) is 1. The zero-order valence-electron chi connectivity index (χ0n) is 34.2. The number of ether oxygens (including phenoxy) is 8. The molecule has 0 radical (unpaired) electrons. The predicted molar refractivity (Wildman–Crippen MR) is 225 cm³/mol. The van der Waals surface area contributed by atoms with Gasteiger partial charge in [0.05, 0.1) is 56.7 Å². The zero-order valence-corrected chi connectivity index (χ0v) is 34.2. The molecule has 1 N–H and O–H groups in total. The Labute approximate surface area is 360 Å². The molecule has 13 heteroatoms. The highest BCUT2D eigenvalue weighted by Gasteiger charge is 2.51. The van der Waals surface area contributed by atoms with Gasteiger partial charge in [0.25, 0.3) is 0 Å². The second-order valence-corrected chi connectivity index (χ2v) is 14.8. The van der Waals surface area contributed by atoms with E-state index in [1.165, 1.54) is 7.11 Å². The van der Waals surface area contributed by atoms with Crippen LogP contribution in [0.15, 0.2) is 152 Å². The fourth-order valence-electron chi connectivity index (χ4n) is 7.31. The van der Waals surface area contributed by atoms with E-state index in [4.69, 9.17) is 37.9 Å². The quantitative estimate of drug-likeness (QED) is 0.0610. The number of benzene rings is 5. The van der Waals surface area contributed by atoms with Crippen LogP contribution in [0.1, 0.15) is 48.6 Å². The van der Waals surface area contributed by atoms with E-state index in [1.54, 1.807) is 84.9 Å². The number of nitrogens with one attached hydrogen (secondary N) is 1.